The van der Waals surface area contributed by atoms with Gasteiger partial charge in [-0.05, 0) is 51.7 Å². The standard InChI is InChI=1S/C14H20BO2/c1-13(2,16)14(3,4)17-15-12-8-7-10-5-6-11(10)9-12/h7-9,16H,5-6H2,1-4H3. The third kappa shape index (κ3) is 2.56. The van der Waals surface area contributed by atoms with Gasteiger partial charge in [0.2, 0.25) is 0 Å². The Balaban J connectivity index is 2.00. The molecule has 1 aliphatic carbocycles. The molecule has 17 heavy (non-hydrogen) atoms. The van der Waals surface area contributed by atoms with Crippen molar-refractivity contribution in [1.82, 2.24) is 0 Å². The summed E-state index contributed by atoms with van der Waals surface area (Å²) >= 11 is 0. The molecule has 1 aromatic rings. The average Bonchev–Trinajstić information content (AvgIpc) is 2.16. The zero-order valence-electron chi connectivity index (χ0n) is 11.1. The SMILES string of the molecule is CC(C)(O)C(C)(C)O[B]c1ccc2c(c1)CC2. The Hall–Kier alpha value is -0.795. The average molecular weight is 231 g/mol. The Kier molecular flexibility index (Phi) is 3.09. The minimum absolute atomic E-state index is 0.601. The van der Waals surface area contributed by atoms with Gasteiger partial charge in [0.15, 0.2) is 0 Å². The molecule has 1 aromatic carbocycles. The van der Waals surface area contributed by atoms with E-state index in [1.54, 1.807) is 21.3 Å². The van der Waals surface area contributed by atoms with E-state index in [2.05, 4.69) is 18.2 Å². The van der Waals surface area contributed by atoms with E-state index in [4.69, 9.17) is 4.65 Å². The molecule has 1 N–H and O–H groups in total. The highest BCUT2D eigenvalue weighted by Gasteiger charge is 2.35. The second kappa shape index (κ2) is 4.15. The molecule has 91 valence electrons. The summed E-state index contributed by atoms with van der Waals surface area (Å²) in [5.74, 6) is 0. The first-order chi connectivity index (χ1) is 7.79. The fourth-order valence-corrected chi connectivity index (χ4v) is 1.65. The first kappa shape index (κ1) is 12.7. The van der Waals surface area contributed by atoms with Gasteiger partial charge in [-0.3, -0.25) is 0 Å². The van der Waals surface area contributed by atoms with Crippen LogP contribution < -0.4 is 5.46 Å². The number of aliphatic hydroxyl groups is 1. The van der Waals surface area contributed by atoms with Crippen LogP contribution in [-0.4, -0.2) is 23.8 Å². The highest BCUT2D eigenvalue weighted by molar-refractivity contribution is 6.47. The first-order valence-corrected chi connectivity index (χ1v) is 6.15. The van der Waals surface area contributed by atoms with Gasteiger partial charge in [-0.25, -0.2) is 0 Å². The molecule has 0 fully saturated rings. The molecule has 0 saturated carbocycles. The largest absolute Gasteiger partial charge is 0.427 e. The van der Waals surface area contributed by atoms with Crippen molar-refractivity contribution >= 4 is 12.9 Å². The molecule has 0 amide bonds. The van der Waals surface area contributed by atoms with Crippen molar-refractivity contribution in [2.24, 2.45) is 0 Å². The highest BCUT2D eigenvalue weighted by Crippen LogP contribution is 2.25. The van der Waals surface area contributed by atoms with Gasteiger partial charge in [-0.1, -0.05) is 23.7 Å². The predicted octanol–water partition coefficient (Wildman–Crippen LogP) is 1.60. The topological polar surface area (TPSA) is 29.5 Å². The van der Waals surface area contributed by atoms with Crippen LogP contribution in [0.5, 0.6) is 0 Å². The molecule has 0 bridgehead atoms. The summed E-state index contributed by atoms with van der Waals surface area (Å²) in [6.45, 7) is 7.31. The minimum atomic E-state index is -0.872. The van der Waals surface area contributed by atoms with E-state index in [-0.39, 0.29) is 0 Å². The van der Waals surface area contributed by atoms with Crippen LogP contribution in [0.3, 0.4) is 0 Å². The second-order valence-corrected chi connectivity index (χ2v) is 5.83. The molecule has 1 aliphatic rings. The molecular formula is C14H20BO2. The van der Waals surface area contributed by atoms with Crippen LogP contribution in [0.15, 0.2) is 18.2 Å². The van der Waals surface area contributed by atoms with Crippen LogP contribution >= 0.6 is 0 Å². The van der Waals surface area contributed by atoms with Gasteiger partial charge in [-0.15, -0.1) is 0 Å². The van der Waals surface area contributed by atoms with Crippen LogP contribution in [0.25, 0.3) is 0 Å². The van der Waals surface area contributed by atoms with E-state index >= 15 is 0 Å². The van der Waals surface area contributed by atoms with Gasteiger partial charge in [-0.2, -0.15) is 0 Å². The lowest BCUT2D eigenvalue weighted by Gasteiger charge is -2.37. The maximum Gasteiger partial charge on any atom is 0.330 e. The van der Waals surface area contributed by atoms with Crippen molar-refractivity contribution in [3.8, 4) is 0 Å². The Labute approximate surface area is 104 Å². The van der Waals surface area contributed by atoms with Crippen LogP contribution in [0.1, 0.15) is 38.8 Å². The molecule has 3 heteroatoms. The maximum absolute atomic E-state index is 9.99. The van der Waals surface area contributed by atoms with Gasteiger partial charge in [0.1, 0.15) is 0 Å². The molecule has 0 spiro atoms. The molecule has 0 heterocycles. The van der Waals surface area contributed by atoms with Gasteiger partial charge < -0.3 is 9.76 Å². The summed E-state index contributed by atoms with van der Waals surface area (Å²) in [6.07, 6.45) is 2.37. The molecule has 0 aliphatic heterocycles. The summed E-state index contributed by atoms with van der Waals surface area (Å²) in [6, 6.07) is 6.39. The Morgan fingerprint density at radius 1 is 1.12 bits per heavy atom. The number of fused-ring (bicyclic) bond motifs is 1. The molecule has 0 aromatic heterocycles. The number of hydrogen-bond acceptors (Lipinski definition) is 2. The van der Waals surface area contributed by atoms with Crippen molar-refractivity contribution in [1.29, 1.82) is 0 Å². The smallest absolute Gasteiger partial charge is 0.330 e. The maximum atomic E-state index is 9.99. The van der Waals surface area contributed by atoms with Crippen molar-refractivity contribution in [2.45, 2.75) is 51.7 Å². The quantitative estimate of drug-likeness (QED) is 0.797. The second-order valence-electron chi connectivity index (χ2n) is 5.83. The molecular weight excluding hydrogens is 211 g/mol. The summed E-state index contributed by atoms with van der Waals surface area (Å²) < 4.78 is 5.72. The number of hydrogen-bond donors (Lipinski definition) is 1. The van der Waals surface area contributed by atoms with E-state index in [9.17, 15) is 5.11 Å². The molecule has 0 saturated heterocycles. The lowest BCUT2D eigenvalue weighted by atomic mass is 9.78. The van der Waals surface area contributed by atoms with Gasteiger partial charge in [0.05, 0.1) is 11.2 Å². The van der Waals surface area contributed by atoms with Gasteiger partial charge in [0, 0.05) is 0 Å². The van der Waals surface area contributed by atoms with Crippen molar-refractivity contribution in [2.75, 3.05) is 0 Å². The summed E-state index contributed by atoms with van der Waals surface area (Å²) in [5, 5.41) is 9.99. The van der Waals surface area contributed by atoms with Crippen LogP contribution in [-0.2, 0) is 17.5 Å². The van der Waals surface area contributed by atoms with Crippen molar-refractivity contribution in [3.05, 3.63) is 29.3 Å². The summed E-state index contributed by atoms with van der Waals surface area (Å²) in [7, 11) is 1.75. The number of aryl methyl sites for hydroxylation is 2. The fourth-order valence-electron chi connectivity index (χ4n) is 1.65. The highest BCUT2D eigenvalue weighted by atomic mass is 16.5. The summed E-state index contributed by atoms with van der Waals surface area (Å²) in [4.78, 5) is 0. The van der Waals surface area contributed by atoms with Crippen molar-refractivity contribution in [3.63, 3.8) is 0 Å². The lowest BCUT2D eigenvalue weighted by Crippen LogP contribution is -2.49. The normalized spacial score (nSPS) is 15.1. The Morgan fingerprint density at radius 3 is 2.24 bits per heavy atom. The van der Waals surface area contributed by atoms with Gasteiger partial charge in [0.25, 0.3) is 0 Å². The van der Waals surface area contributed by atoms with E-state index in [1.807, 2.05) is 13.8 Å². The summed E-state index contributed by atoms with van der Waals surface area (Å²) in [5.41, 5.74) is 2.47. The lowest BCUT2D eigenvalue weighted by molar-refractivity contribution is -0.0893. The monoisotopic (exact) mass is 231 g/mol. The zero-order chi connectivity index (χ0) is 12.7. The van der Waals surface area contributed by atoms with Crippen LogP contribution in [0.2, 0.25) is 0 Å². The molecule has 0 atom stereocenters. The molecule has 2 nitrogen and oxygen atoms in total. The number of benzene rings is 1. The predicted molar refractivity (Wildman–Crippen MR) is 70.7 cm³/mol. The molecule has 2 rings (SSSR count). The van der Waals surface area contributed by atoms with Gasteiger partial charge >= 0.3 is 7.48 Å². The zero-order valence-corrected chi connectivity index (χ0v) is 11.1. The molecule has 1 radical (unpaired) electrons. The van der Waals surface area contributed by atoms with E-state index in [0.717, 1.165) is 5.46 Å². The van der Waals surface area contributed by atoms with Crippen LogP contribution in [0, 0.1) is 0 Å². The fraction of sp³-hybridized carbons (Fsp3) is 0.571. The minimum Gasteiger partial charge on any atom is -0.427 e. The third-order valence-corrected chi connectivity index (χ3v) is 3.86. The van der Waals surface area contributed by atoms with E-state index < -0.39 is 11.2 Å². The Morgan fingerprint density at radius 2 is 1.76 bits per heavy atom. The number of rotatable bonds is 4. The molecule has 0 unspecified atom stereocenters. The first-order valence-electron chi connectivity index (χ1n) is 6.15. The van der Waals surface area contributed by atoms with Crippen LogP contribution in [0.4, 0.5) is 0 Å². The van der Waals surface area contributed by atoms with E-state index in [0.29, 0.717) is 0 Å². The Bertz CT molecular complexity index is 419. The third-order valence-electron chi connectivity index (χ3n) is 3.86. The van der Waals surface area contributed by atoms with Crippen molar-refractivity contribution < 1.29 is 9.76 Å². The van der Waals surface area contributed by atoms with E-state index in [1.165, 1.54) is 24.0 Å².